The molecule has 0 heterocycles. The molecule has 10 heavy (non-hydrogen) atoms. The van der Waals surface area contributed by atoms with E-state index in [2.05, 4.69) is 6.92 Å². The highest BCUT2D eigenvalue weighted by Crippen LogP contribution is 2.03. The van der Waals surface area contributed by atoms with Crippen LogP contribution in [0.15, 0.2) is 11.6 Å². The van der Waals surface area contributed by atoms with Crippen LogP contribution in [0.25, 0.3) is 0 Å². The van der Waals surface area contributed by atoms with Gasteiger partial charge in [0.2, 0.25) is 0 Å². The van der Waals surface area contributed by atoms with Crippen LogP contribution in [0.4, 0.5) is 0 Å². The van der Waals surface area contributed by atoms with Crippen LogP contribution >= 0.6 is 0 Å². The zero-order valence-corrected chi connectivity index (χ0v) is 6.55. The first-order valence-electron chi connectivity index (χ1n) is 3.41. The van der Waals surface area contributed by atoms with Crippen molar-refractivity contribution < 1.29 is 4.74 Å². The lowest BCUT2D eigenvalue weighted by Gasteiger charge is -2.00. The Labute approximate surface area is 62.1 Å². The third kappa shape index (κ3) is 4.11. The number of hydrogen-bond donors (Lipinski definition) is 0. The van der Waals surface area contributed by atoms with Crippen LogP contribution in [0.5, 0.6) is 0 Å². The molecule has 0 aliphatic carbocycles. The van der Waals surface area contributed by atoms with Crippen LogP contribution in [0, 0.1) is 11.3 Å². The lowest BCUT2D eigenvalue weighted by molar-refractivity contribution is 0.223. The van der Waals surface area contributed by atoms with Gasteiger partial charge < -0.3 is 4.74 Å². The van der Waals surface area contributed by atoms with E-state index in [1.54, 1.807) is 13.2 Å². The first-order chi connectivity index (χ1) is 4.85. The van der Waals surface area contributed by atoms with Gasteiger partial charge in [-0.15, -0.1) is 0 Å². The molecule has 0 radical (unpaired) electrons. The maximum Gasteiger partial charge on any atom is 0.0912 e. The van der Waals surface area contributed by atoms with Crippen molar-refractivity contribution in [2.75, 3.05) is 13.7 Å². The van der Waals surface area contributed by atoms with Gasteiger partial charge in [-0.3, -0.25) is 0 Å². The van der Waals surface area contributed by atoms with Crippen molar-refractivity contribution in [2.45, 2.75) is 19.8 Å². The average molecular weight is 139 g/mol. The van der Waals surface area contributed by atoms with Crippen molar-refractivity contribution in [1.82, 2.24) is 0 Å². The van der Waals surface area contributed by atoms with Gasteiger partial charge in [0.05, 0.1) is 12.7 Å². The number of rotatable bonds is 4. The second-order valence-electron chi connectivity index (χ2n) is 2.11. The Balaban J connectivity index is 3.75. The van der Waals surface area contributed by atoms with Gasteiger partial charge in [0, 0.05) is 13.2 Å². The molecule has 0 bridgehead atoms. The fraction of sp³-hybridized carbons (Fsp3) is 0.625. The van der Waals surface area contributed by atoms with Crippen molar-refractivity contribution in [3.8, 4) is 6.07 Å². The van der Waals surface area contributed by atoms with Crippen molar-refractivity contribution in [2.24, 2.45) is 0 Å². The zero-order valence-electron chi connectivity index (χ0n) is 6.55. The molecule has 0 aliphatic heterocycles. The number of allylic oxidation sites excluding steroid dienone is 1. The topological polar surface area (TPSA) is 33.0 Å². The molecular weight excluding hydrogens is 126 g/mol. The molecule has 2 nitrogen and oxygen atoms in total. The monoisotopic (exact) mass is 139 g/mol. The maximum absolute atomic E-state index is 8.31. The Hall–Kier alpha value is -0.810. The van der Waals surface area contributed by atoms with E-state index in [0.717, 1.165) is 18.4 Å². The fourth-order valence-electron chi connectivity index (χ4n) is 0.784. The molecule has 2 heteroatoms. The third-order valence-corrected chi connectivity index (χ3v) is 1.17. The van der Waals surface area contributed by atoms with Gasteiger partial charge in [0.1, 0.15) is 0 Å². The summed E-state index contributed by atoms with van der Waals surface area (Å²) in [5.74, 6) is 0. The predicted molar refractivity (Wildman–Crippen MR) is 40.5 cm³/mol. The molecule has 0 N–H and O–H groups in total. The van der Waals surface area contributed by atoms with Crippen LogP contribution < -0.4 is 0 Å². The molecule has 0 amide bonds. The summed E-state index contributed by atoms with van der Waals surface area (Å²) in [6.07, 6.45) is 3.59. The summed E-state index contributed by atoms with van der Waals surface area (Å²) < 4.78 is 4.89. The minimum absolute atomic E-state index is 0.585. The molecule has 0 aromatic heterocycles. The van der Waals surface area contributed by atoms with E-state index in [9.17, 15) is 0 Å². The van der Waals surface area contributed by atoms with Gasteiger partial charge in [0.25, 0.3) is 0 Å². The van der Waals surface area contributed by atoms with E-state index in [-0.39, 0.29) is 0 Å². The van der Waals surface area contributed by atoms with E-state index in [0.29, 0.717) is 6.61 Å². The van der Waals surface area contributed by atoms with Crippen molar-refractivity contribution in [1.29, 1.82) is 5.26 Å². The Kier molecular flexibility index (Phi) is 5.80. The molecule has 56 valence electrons. The van der Waals surface area contributed by atoms with Gasteiger partial charge in [-0.2, -0.15) is 5.26 Å². The minimum Gasteiger partial charge on any atom is -0.380 e. The minimum atomic E-state index is 0.585. The van der Waals surface area contributed by atoms with Crippen molar-refractivity contribution >= 4 is 0 Å². The highest BCUT2D eigenvalue weighted by molar-refractivity contribution is 5.13. The second-order valence-corrected chi connectivity index (χ2v) is 2.11. The lowest BCUT2D eigenvalue weighted by atomic mass is 10.1. The van der Waals surface area contributed by atoms with E-state index in [1.807, 2.05) is 6.07 Å². The molecule has 0 fully saturated rings. The molecule has 0 rings (SSSR count). The van der Waals surface area contributed by atoms with Gasteiger partial charge in [0.15, 0.2) is 0 Å². The normalized spacial score (nSPS) is 11.1. The highest BCUT2D eigenvalue weighted by Gasteiger charge is 1.92. The lowest BCUT2D eigenvalue weighted by Crippen LogP contribution is -1.93. The second kappa shape index (κ2) is 6.31. The van der Waals surface area contributed by atoms with E-state index in [1.165, 1.54) is 0 Å². The molecule has 0 atom stereocenters. The number of nitriles is 1. The number of methoxy groups -OCH3 is 1. The van der Waals surface area contributed by atoms with Crippen LogP contribution in [0.2, 0.25) is 0 Å². The van der Waals surface area contributed by atoms with Gasteiger partial charge in [-0.05, 0) is 12.0 Å². The molecule has 0 aromatic rings. The van der Waals surface area contributed by atoms with Gasteiger partial charge in [-0.25, -0.2) is 0 Å². The van der Waals surface area contributed by atoms with Crippen molar-refractivity contribution in [3.63, 3.8) is 0 Å². The Morgan fingerprint density at radius 3 is 2.80 bits per heavy atom. The molecule has 0 aromatic carbocycles. The summed E-state index contributed by atoms with van der Waals surface area (Å²) in [5.41, 5.74) is 1.08. The third-order valence-electron chi connectivity index (χ3n) is 1.17. The van der Waals surface area contributed by atoms with Gasteiger partial charge in [-0.1, -0.05) is 13.3 Å². The Morgan fingerprint density at radius 2 is 2.40 bits per heavy atom. The predicted octanol–water partition coefficient (Wildman–Crippen LogP) is 1.88. The molecule has 0 aliphatic rings. The zero-order chi connectivity index (χ0) is 7.82. The SMILES string of the molecule is CCCC(=CC#N)COC. The van der Waals surface area contributed by atoms with E-state index in [4.69, 9.17) is 10.00 Å². The summed E-state index contributed by atoms with van der Waals surface area (Å²) in [5, 5.41) is 8.31. The van der Waals surface area contributed by atoms with E-state index >= 15 is 0 Å². The Morgan fingerprint density at radius 1 is 1.70 bits per heavy atom. The molecule has 0 unspecified atom stereocenters. The fourth-order valence-corrected chi connectivity index (χ4v) is 0.784. The molecule has 0 spiro atoms. The maximum atomic E-state index is 8.31. The Bertz CT molecular complexity index is 136. The van der Waals surface area contributed by atoms with Crippen LogP contribution in [-0.4, -0.2) is 13.7 Å². The van der Waals surface area contributed by atoms with Crippen LogP contribution in [0.1, 0.15) is 19.8 Å². The smallest absolute Gasteiger partial charge is 0.0912 e. The highest BCUT2D eigenvalue weighted by atomic mass is 16.5. The summed E-state index contributed by atoms with van der Waals surface area (Å²) in [7, 11) is 1.64. The molecule has 0 saturated carbocycles. The number of hydrogen-bond acceptors (Lipinski definition) is 2. The summed E-state index contributed by atoms with van der Waals surface area (Å²) in [6, 6.07) is 2.00. The standard InChI is InChI=1S/C8H13NO/c1-3-4-8(5-6-9)7-10-2/h5H,3-4,7H2,1-2H3. The van der Waals surface area contributed by atoms with Crippen LogP contribution in [0.3, 0.4) is 0 Å². The number of nitrogens with zero attached hydrogens (tertiary/aromatic N) is 1. The molecular formula is C8H13NO. The first kappa shape index (κ1) is 9.19. The summed E-state index contributed by atoms with van der Waals surface area (Å²) in [6.45, 7) is 2.67. The first-order valence-corrected chi connectivity index (χ1v) is 3.41. The number of ether oxygens (including phenoxy) is 1. The summed E-state index contributed by atoms with van der Waals surface area (Å²) in [4.78, 5) is 0. The van der Waals surface area contributed by atoms with Crippen molar-refractivity contribution in [3.05, 3.63) is 11.6 Å². The quantitative estimate of drug-likeness (QED) is 0.557. The van der Waals surface area contributed by atoms with Gasteiger partial charge >= 0.3 is 0 Å². The van der Waals surface area contributed by atoms with Crippen LogP contribution in [-0.2, 0) is 4.74 Å². The molecule has 0 saturated heterocycles. The summed E-state index contributed by atoms with van der Waals surface area (Å²) >= 11 is 0. The average Bonchev–Trinajstić information content (AvgIpc) is 1.90. The van der Waals surface area contributed by atoms with E-state index < -0.39 is 0 Å². The largest absolute Gasteiger partial charge is 0.380 e.